The summed E-state index contributed by atoms with van der Waals surface area (Å²) in [6.45, 7) is 0. The molecule has 0 N–H and O–H groups in total. The van der Waals surface area contributed by atoms with Crippen LogP contribution in [0.15, 0.2) is 132 Å². The number of para-hydroxylation sites is 2. The van der Waals surface area contributed by atoms with Crippen LogP contribution in [0.2, 0.25) is 0 Å². The Kier molecular flexibility index (Phi) is 4.30. The predicted octanol–water partition coefficient (Wildman–Crippen LogP) is 9.80. The van der Waals surface area contributed by atoms with Gasteiger partial charge in [0.05, 0.1) is 11.4 Å². The van der Waals surface area contributed by atoms with Gasteiger partial charge in [-0.3, -0.25) is 4.90 Å². The molecule has 9 rings (SSSR count). The molecule has 0 saturated heterocycles. The maximum atomic E-state index is 6.47. The number of furan rings is 1. The van der Waals surface area contributed by atoms with Gasteiger partial charge >= 0.3 is 0 Å². The molecule has 186 valence electrons. The summed E-state index contributed by atoms with van der Waals surface area (Å²) in [7, 11) is 0. The number of hydrogen-bond acceptors (Lipinski definition) is 4. The van der Waals surface area contributed by atoms with E-state index in [2.05, 4.69) is 114 Å². The Morgan fingerprint density at radius 2 is 1.15 bits per heavy atom. The lowest BCUT2D eigenvalue weighted by molar-refractivity contribution is 0.667. The monoisotopic (exact) mass is 511 g/mol. The van der Waals surface area contributed by atoms with Gasteiger partial charge in [-0.15, -0.1) is 0 Å². The molecule has 4 heteroatoms. The summed E-state index contributed by atoms with van der Waals surface area (Å²) < 4.78 is 6.47. The Morgan fingerprint density at radius 3 is 2.08 bits per heavy atom. The molecule has 3 heterocycles. The van der Waals surface area contributed by atoms with Crippen molar-refractivity contribution in [2.45, 2.75) is 0 Å². The van der Waals surface area contributed by atoms with Crippen molar-refractivity contribution in [1.29, 1.82) is 0 Å². The van der Waals surface area contributed by atoms with E-state index < -0.39 is 0 Å². The molecule has 0 bridgehead atoms. The smallest absolute Gasteiger partial charge is 0.236 e. The summed E-state index contributed by atoms with van der Waals surface area (Å²) in [6, 6.07) is 44.3. The lowest BCUT2D eigenvalue weighted by Gasteiger charge is -2.32. The molecular formula is C36H21N3O. The Balaban J connectivity index is 1.43. The summed E-state index contributed by atoms with van der Waals surface area (Å²) >= 11 is 0. The Hall–Kier alpha value is -5.48. The van der Waals surface area contributed by atoms with E-state index in [4.69, 9.17) is 14.4 Å². The van der Waals surface area contributed by atoms with E-state index in [0.717, 1.165) is 49.9 Å². The average Bonchev–Trinajstić information content (AvgIpc) is 3.39. The number of rotatable bonds is 2. The molecule has 1 aliphatic rings. The minimum atomic E-state index is 0.622. The van der Waals surface area contributed by atoms with Crippen molar-refractivity contribution in [1.82, 2.24) is 9.97 Å². The van der Waals surface area contributed by atoms with Gasteiger partial charge < -0.3 is 4.42 Å². The van der Waals surface area contributed by atoms with Gasteiger partial charge in [0.2, 0.25) is 5.95 Å². The molecule has 8 aromatic rings. The minimum absolute atomic E-state index is 0.622. The van der Waals surface area contributed by atoms with Crippen molar-refractivity contribution in [3.63, 3.8) is 0 Å². The highest BCUT2D eigenvalue weighted by molar-refractivity contribution is 6.14. The van der Waals surface area contributed by atoms with Crippen molar-refractivity contribution < 1.29 is 4.42 Å². The number of aromatic nitrogens is 2. The van der Waals surface area contributed by atoms with E-state index in [9.17, 15) is 0 Å². The SMILES string of the molecule is c1ccc2c(c1)-c1cccc3cccc(c13)N2c1nc(-c2cccc3ccccc23)c2oc3ccccc3c2n1. The molecule has 4 nitrogen and oxygen atoms in total. The molecule has 40 heavy (non-hydrogen) atoms. The van der Waals surface area contributed by atoms with Crippen LogP contribution >= 0.6 is 0 Å². The van der Waals surface area contributed by atoms with Crippen LogP contribution in [-0.4, -0.2) is 9.97 Å². The number of anilines is 3. The third kappa shape index (κ3) is 2.90. The van der Waals surface area contributed by atoms with E-state index in [1.54, 1.807) is 0 Å². The van der Waals surface area contributed by atoms with Gasteiger partial charge in [-0.1, -0.05) is 103 Å². The second kappa shape index (κ2) is 8.01. The zero-order valence-corrected chi connectivity index (χ0v) is 21.4. The second-order valence-electron chi connectivity index (χ2n) is 10.2. The number of benzene rings is 6. The highest BCUT2D eigenvalue weighted by Crippen LogP contribution is 2.50. The quantitative estimate of drug-likeness (QED) is 0.232. The second-order valence-corrected chi connectivity index (χ2v) is 10.2. The van der Waals surface area contributed by atoms with E-state index in [1.165, 1.54) is 21.9 Å². The molecule has 0 spiro atoms. The Morgan fingerprint density at radius 1 is 0.500 bits per heavy atom. The van der Waals surface area contributed by atoms with Gasteiger partial charge in [0.1, 0.15) is 16.8 Å². The molecule has 2 aromatic heterocycles. The fourth-order valence-electron chi connectivity index (χ4n) is 6.27. The van der Waals surface area contributed by atoms with E-state index in [-0.39, 0.29) is 0 Å². The van der Waals surface area contributed by atoms with Crippen molar-refractivity contribution in [3.05, 3.63) is 127 Å². The molecule has 0 unspecified atom stereocenters. The standard InChI is InChI=1S/C36H21N3O/c1-2-14-24-22(10-1)11-7-18-27(24)33-35-34(28-16-4-6-21-31(28)40-35)38-36(37-33)39-29-19-5-3-15-25(29)26-17-8-12-23-13-9-20-30(39)32(23)26/h1-21H. The molecule has 1 aliphatic heterocycles. The lowest BCUT2D eigenvalue weighted by Crippen LogP contribution is -2.17. The fourth-order valence-corrected chi connectivity index (χ4v) is 6.27. The highest BCUT2D eigenvalue weighted by Gasteiger charge is 2.29. The van der Waals surface area contributed by atoms with Crippen LogP contribution < -0.4 is 4.90 Å². The summed E-state index contributed by atoms with van der Waals surface area (Å²) in [5.41, 5.74) is 8.65. The summed E-state index contributed by atoms with van der Waals surface area (Å²) in [5, 5.41) is 5.66. The molecule has 0 atom stereocenters. The van der Waals surface area contributed by atoms with Gasteiger partial charge in [-0.05, 0) is 46.0 Å². The van der Waals surface area contributed by atoms with Crippen LogP contribution in [0.25, 0.3) is 66.0 Å². The number of nitrogens with zero attached hydrogens (tertiary/aromatic N) is 3. The third-order valence-electron chi connectivity index (χ3n) is 8.01. The van der Waals surface area contributed by atoms with Crippen LogP contribution in [0.4, 0.5) is 17.3 Å². The Labute approximate surface area is 229 Å². The maximum Gasteiger partial charge on any atom is 0.236 e. The van der Waals surface area contributed by atoms with Gasteiger partial charge in [0, 0.05) is 21.9 Å². The van der Waals surface area contributed by atoms with E-state index in [1.807, 2.05) is 18.2 Å². The van der Waals surface area contributed by atoms with Crippen LogP contribution in [-0.2, 0) is 0 Å². The lowest BCUT2D eigenvalue weighted by atomic mass is 9.91. The van der Waals surface area contributed by atoms with Gasteiger partial charge in [-0.25, -0.2) is 9.97 Å². The van der Waals surface area contributed by atoms with Crippen molar-refractivity contribution in [2.24, 2.45) is 0 Å². The summed E-state index contributed by atoms with van der Waals surface area (Å²) in [5.74, 6) is 0.622. The summed E-state index contributed by atoms with van der Waals surface area (Å²) in [6.07, 6.45) is 0. The van der Waals surface area contributed by atoms with Gasteiger partial charge in [0.15, 0.2) is 5.58 Å². The highest BCUT2D eigenvalue weighted by atomic mass is 16.3. The van der Waals surface area contributed by atoms with Gasteiger partial charge in [-0.2, -0.15) is 0 Å². The van der Waals surface area contributed by atoms with Crippen molar-refractivity contribution >= 4 is 60.9 Å². The molecule has 0 saturated carbocycles. The first-order chi connectivity index (χ1) is 19.8. The van der Waals surface area contributed by atoms with E-state index >= 15 is 0 Å². The summed E-state index contributed by atoms with van der Waals surface area (Å²) in [4.78, 5) is 12.8. The van der Waals surface area contributed by atoms with Crippen LogP contribution in [0.3, 0.4) is 0 Å². The van der Waals surface area contributed by atoms with Crippen molar-refractivity contribution in [2.75, 3.05) is 4.90 Å². The first-order valence-corrected chi connectivity index (χ1v) is 13.4. The zero-order chi connectivity index (χ0) is 26.2. The molecule has 0 amide bonds. The molecule has 0 aliphatic carbocycles. The largest absolute Gasteiger partial charge is 0.452 e. The van der Waals surface area contributed by atoms with E-state index in [0.29, 0.717) is 11.5 Å². The van der Waals surface area contributed by atoms with Gasteiger partial charge in [0.25, 0.3) is 0 Å². The van der Waals surface area contributed by atoms with Crippen LogP contribution in [0.1, 0.15) is 0 Å². The number of hydrogen-bond donors (Lipinski definition) is 0. The molecule has 6 aromatic carbocycles. The zero-order valence-electron chi connectivity index (χ0n) is 21.4. The first kappa shape index (κ1) is 21.5. The van der Waals surface area contributed by atoms with Crippen LogP contribution in [0, 0.1) is 0 Å². The maximum absolute atomic E-state index is 6.47. The third-order valence-corrected chi connectivity index (χ3v) is 8.01. The molecular weight excluding hydrogens is 490 g/mol. The van der Waals surface area contributed by atoms with Crippen molar-refractivity contribution in [3.8, 4) is 22.4 Å². The topological polar surface area (TPSA) is 42.2 Å². The minimum Gasteiger partial charge on any atom is -0.452 e. The van der Waals surface area contributed by atoms with Crippen LogP contribution in [0.5, 0.6) is 0 Å². The normalized spacial score (nSPS) is 12.4. The fraction of sp³-hybridized carbons (Fsp3) is 0. The molecule has 0 fully saturated rings. The average molecular weight is 512 g/mol. The molecule has 0 radical (unpaired) electrons. The predicted molar refractivity (Wildman–Crippen MR) is 163 cm³/mol. The number of fused-ring (bicyclic) bond motifs is 6. The Bertz CT molecular complexity index is 2290. The first-order valence-electron chi connectivity index (χ1n) is 13.4.